The number of aromatic nitrogens is 1. The number of anilines is 1. The number of aryl methyl sites for hydroxylation is 1. The van der Waals surface area contributed by atoms with Crippen molar-refractivity contribution < 1.29 is 19.1 Å². The molecule has 4 rings (SSSR count). The van der Waals surface area contributed by atoms with Gasteiger partial charge in [-0.1, -0.05) is 6.07 Å². The smallest absolute Gasteiger partial charge is 0.262 e. The van der Waals surface area contributed by atoms with E-state index in [0.29, 0.717) is 29.1 Å². The minimum atomic E-state index is -0.401. The zero-order valence-electron chi connectivity index (χ0n) is 17.1. The molecule has 4 aromatic rings. The molecule has 1 amide bonds. The van der Waals surface area contributed by atoms with E-state index in [-0.39, 0.29) is 16.9 Å². The molecule has 0 fully saturated rings. The molecular weight excluding hydrogens is 394 g/mol. The van der Waals surface area contributed by atoms with Gasteiger partial charge in [-0.3, -0.25) is 4.79 Å². The Morgan fingerprint density at radius 1 is 1.13 bits per heavy atom. The third-order valence-corrected chi connectivity index (χ3v) is 4.49. The number of phenols is 1. The number of pyridine rings is 1. The first-order valence-electron chi connectivity index (χ1n) is 9.81. The molecule has 0 saturated carbocycles. The fraction of sp³-hybridized carbons (Fsp3) is 0.125. The van der Waals surface area contributed by atoms with Crippen LogP contribution in [-0.4, -0.2) is 22.6 Å². The summed E-state index contributed by atoms with van der Waals surface area (Å²) in [6, 6.07) is 18.9. The van der Waals surface area contributed by atoms with Gasteiger partial charge in [-0.15, -0.1) is 0 Å². The van der Waals surface area contributed by atoms with E-state index < -0.39 is 5.91 Å². The van der Waals surface area contributed by atoms with Gasteiger partial charge in [0.2, 0.25) is 5.55 Å². The SMILES string of the molecule is CCOc1ccc(N=c2oc3cc(O)ccc3cc2C(=O)Nc2cccc(C)n2)cc1. The maximum atomic E-state index is 13.0. The van der Waals surface area contributed by atoms with Crippen molar-refractivity contribution in [3.8, 4) is 11.5 Å². The van der Waals surface area contributed by atoms with E-state index in [4.69, 9.17) is 9.15 Å². The molecule has 2 aromatic carbocycles. The lowest BCUT2D eigenvalue weighted by Gasteiger charge is -2.07. The molecule has 2 heterocycles. The summed E-state index contributed by atoms with van der Waals surface area (Å²) < 4.78 is 11.4. The molecule has 7 heteroatoms. The fourth-order valence-electron chi connectivity index (χ4n) is 3.05. The van der Waals surface area contributed by atoms with Gasteiger partial charge in [-0.25, -0.2) is 9.98 Å². The average Bonchev–Trinajstić information content (AvgIpc) is 2.75. The lowest BCUT2D eigenvalue weighted by Crippen LogP contribution is -2.22. The molecule has 31 heavy (non-hydrogen) atoms. The molecule has 2 N–H and O–H groups in total. The van der Waals surface area contributed by atoms with Crippen LogP contribution >= 0.6 is 0 Å². The minimum absolute atomic E-state index is 0.0597. The van der Waals surface area contributed by atoms with Crippen LogP contribution in [0.1, 0.15) is 23.0 Å². The Labute approximate surface area is 178 Å². The van der Waals surface area contributed by atoms with Crippen molar-refractivity contribution >= 4 is 28.4 Å². The second-order valence-electron chi connectivity index (χ2n) is 6.84. The van der Waals surface area contributed by atoms with Crippen molar-refractivity contribution in [2.75, 3.05) is 11.9 Å². The van der Waals surface area contributed by atoms with E-state index >= 15 is 0 Å². The zero-order valence-corrected chi connectivity index (χ0v) is 17.1. The number of carbonyl (C=O) groups excluding carboxylic acids is 1. The second kappa shape index (κ2) is 8.71. The van der Waals surface area contributed by atoms with Crippen molar-refractivity contribution in [2.45, 2.75) is 13.8 Å². The molecule has 0 saturated heterocycles. The number of fused-ring (bicyclic) bond motifs is 1. The third kappa shape index (κ3) is 4.72. The van der Waals surface area contributed by atoms with Crippen molar-refractivity contribution in [3.63, 3.8) is 0 Å². The summed E-state index contributed by atoms with van der Waals surface area (Å²) >= 11 is 0. The molecule has 0 spiro atoms. The predicted molar refractivity (Wildman–Crippen MR) is 118 cm³/mol. The topological polar surface area (TPSA) is 97.0 Å². The maximum Gasteiger partial charge on any atom is 0.262 e. The molecule has 7 nitrogen and oxygen atoms in total. The number of ether oxygens (including phenoxy) is 1. The second-order valence-corrected chi connectivity index (χ2v) is 6.84. The van der Waals surface area contributed by atoms with Gasteiger partial charge in [0, 0.05) is 17.1 Å². The highest BCUT2D eigenvalue weighted by atomic mass is 16.5. The number of benzene rings is 2. The number of phenolic OH excluding ortho intramolecular Hbond substituents is 1. The number of hydrogen-bond acceptors (Lipinski definition) is 6. The molecule has 0 aliphatic rings. The largest absolute Gasteiger partial charge is 0.508 e. The van der Waals surface area contributed by atoms with Gasteiger partial charge >= 0.3 is 0 Å². The Hall–Kier alpha value is -4.13. The van der Waals surface area contributed by atoms with Crippen LogP contribution in [0.15, 0.2) is 76.1 Å². The molecule has 156 valence electrons. The molecule has 0 radical (unpaired) electrons. The van der Waals surface area contributed by atoms with E-state index in [1.807, 2.05) is 26.0 Å². The molecule has 0 aliphatic carbocycles. The van der Waals surface area contributed by atoms with Crippen LogP contribution in [-0.2, 0) is 0 Å². The van der Waals surface area contributed by atoms with Gasteiger partial charge < -0.3 is 19.6 Å². The lowest BCUT2D eigenvalue weighted by molar-refractivity contribution is 0.102. The van der Waals surface area contributed by atoms with Gasteiger partial charge in [-0.2, -0.15) is 0 Å². The highest BCUT2D eigenvalue weighted by Crippen LogP contribution is 2.21. The van der Waals surface area contributed by atoms with Crippen LogP contribution in [0.2, 0.25) is 0 Å². The first-order valence-corrected chi connectivity index (χ1v) is 9.81. The summed E-state index contributed by atoms with van der Waals surface area (Å²) in [7, 11) is 0. The van der Waals surface area contributed by atoms with Crippen LogP contribution in [0.5, 0.6) is 11.5 Å². The normalized spacial score (nSPS) is 11.5. The van der Waals surface area contributed by atoms with Crippen molar-refractivity contribution in [1.29, 1.82) is 0 Å². The number of nitrogens with one attached hydrogen (secondary N) is 1. The fourth-order valence-corrected chi connectivity index (χ4v) is 3.05. The van der Waals surface area contributed by atoms with Gasteiger partial charge in [0.25, 0.3) is 5.91 Å². The maximum absolute atomic E-state index is 13.0. The van der Waals surface area contributed by atoms with E-state index in [1.54, 1.807) is 42.5 Å². The standard InChI is InChI=1S/C24H21N3O4/c1-3-30-19-11-8-17(9-12-19)26-24-20(13-16-7-10-18(28)14-21(16)31-24)23(29)27-22-6-4-5-15(2)25-22/h4-14,28H,3H2,1-2H3,(H,25,27,29). The van der Waals surface area contributed by atoms with Crippen LogP contribution in [0.3, 0.4) is 0 Å². The van der Waals surface area contributed by atoms with E-state index in [9.17, 15) is 9.90 Å². The average molecular weight is 415 g/mol. The molecule has 0 aliphatic heterocycles. The van der Waals surface area contributed by atoms with Crippen LogP contribution in [0.4, 0.5) is 11.5 Å². The van der Waals surface area contributed by atoms with E-state index in [0.717, 1.165) is 11.4 Å². The van der Waals surface area contributed by atoms with Crippen molar-refractivity contribution in [3.05, 3.63) is 83.5 Å². The molecule has 2 aromatic heterocycles. The first kappa shape index (κ1) is 20.2. The summed E-state index contributed by atoms with van der Waals surface area (Å²) in [6.07, 6.45) is 0. The first-order chi connectivity index (χ1) is 15.0. The summed E-state index contributed by atoms with van der Waals surface area (Å²) in [6.45, 7) is 4.33. The van der Waals surface area contributed by atoms with Gasteiger partial charge in [0.1, 0.15) is 28.5 Å². The summed E-state index contributed by atoms with van der Waals surface area (Å²) in [5, 5.41) is 13.2. The number of nitrogens with zero attached hydrogens (tertiary/aromatic N) is 2. The zero-order chi connectivity index (χ0) is 21.8. The minimum Gasteiger partial charge on any atom is -0.508 e. The van der Waals surface area contributed by atoms with Crippen molar-refractivity contribution in [2.24, 2.45) is 4.99 Å². The van der Waals surface area contributed by atoms with Crippen LogP contribution in [0.25, 0.3) is 11.0 Å². The highest BCUT2D eigenvalue weighted by molar-refractivity contribution is 6.05. The molecule has 0 bridgehead atoms. The number of rotatable bonds is 5. The van der Waals surface area contributed by atoms with E-state index in [2.05, 4.69) is 15.3 Å². The summed E-state index contributed by atoms with van der Waals surface area (Å²) in [4.78, 5) is 21.9. The van der Waals surface area contributed by atoms with Crippen LogP contribution < -0.4 is 15.6 Å². The Balaban J connectivity index is 1.80. The van der Waals surface area contributed by atoms with Crippen molar-refractivity contribution in [1.82, 2.24) is 4.98 Å². The summed E-state index contributed by atoms with van der Waals surface area (Å²) in [5.41, 5.74) is 2.16. The number of amides is 1. The van der Waals surface area contributed by atoms with E-state index in [1.165, 1.54) is 12.1 Å². The summed E-state index contributed by atoms with van der Waals surface area (Å²) in [5.74, 6) is 0.819. The monoisotopic (exact) mass is 415 g/mol. The Kier molecular flexibility index (Phi) is 5.66. The lowest BCUT2D eigenvalue weighted by atomic mass is 10.1. The van der Waals surface area contributed by atoms with Gasteiger partial charge in [0.05, 0.1) is 12.3 Å². The number of hydrogen-bond donors (Lipinski definition) is 2. The van der Waals surface area contributed by atoms with Crippen LogP contribution in [0, 0.1) is 6.92 Å². The Bertz CT molecular complexity index is 1310. The third-order valence-electron chi connectivity index (χ3n) is 4.49. The molecule has 0 atom stereocenters. The molecular formula is C24H21N3O4. The highest BCUT2D eigenvalue weighted by Gasteiger charge is 2.14. The molecule has 0 unspecified atom stereocenters. The Morgan fingerprint density at radius 2 is 1.94 bits per heavy atom. The van der Waals surface area contributed by atoms with Gasteiger partial charge in [0.15, 0.2) is 0 Å². The number of aromatic hydroxyl groups is 1. The number of carbonyl (C=O) groups is 1. The Morgan fingerprint density at radius 3 is 2.68 bits per heavy atom. The van der Waals surface area contributed by atoms with Gasteiger partial charge in [-0.05, 0) is 68.4 Å². The predicted octanol–water partition coefficient (Wildman–Crippen LogP) is 4.73. The quantitative estimate of drug-likeness (QED) is 0.491.